The molecule has 1 aromatic heterocycles. The molecular weight excluding hydrogens is 220 g/mol. The summed E-state index contributed by atoms with van der Waals surface area (Å²) in [6, 6.07) is 14.8. The van der Waals surface area contributed by atoms with Gasteiger partial charge in [0.05, 0.1) is 5.69 Å². The number of aromatic nitrogens is 1. The molecule has 1 aliphatic heterocycles. The number of anilines is 1. The van der Waals surface area contributed by atoms with Crippen molar-refractivity contribution in [1.29, 1.82) is 0 Å². The Balaban J connectivity index is 1.89. The van der Waals surface area contributed by atoms with Gasteiger partial charge in [0.2, 0.25) is 0 Å². The Bertz CT molecular complexity index is 502. The maximum Gasteiger partial charge on any atom is 0.0702 e. The SMILES string of the molecule is c1ccc(-c2cccc(N3CCCCC3)c2)nc1. The smallest absolute Gasteiger partial charge is 0.0702 e. The fraction of sp³-hybridized carbons (Fsp3) is 0.312. The van der Waals surface area contributed by atoms with Gasteiger partial charge in [0.1, 0.15) is 0 Å². The van der Waals surface area contributed by atoms with E-state index >= 15 is 0 Å². The van der Waals surface area contributed by atoms with Gasteiger partial charge in [-0.1, -0.05) is 18.2 Å². The van der Waals surface area contributed by atoms with E-state index in [2.05, 4.69) is 40.2 Å². The van der Waals surface area contributed by atoms with E-state index < -0.39 is 0 Å². The second-order valence-electron chi connectivity index (χ2n) is 4.81. The molecule has 2 nitrogen and oxygen atoms in total. The molecule has 18 heavy (non-hydrogen) atoms. The lowest BCUT2D eigenvalue weighted by atomic mass is 10.1. The van der Waals surface area contributed by atoms with Crippen LogP contribution in [-0.4, -0.2) is 18.1 Å². The van der Waals surface area contributed by atoms with E-state index in [0.717, 1.165) is 5.69 Å². The van der Waals surface area contributed by atoms with Crippen LogP contribution in [0.5, 0.6) is 0 Å². The molecule has 92 valence electrons. The highest BCUT2D eigenvalue weighted by atomic mass is 15.1. The van der Waals surface area contributed by atoms with Crippen molar-refractivity contribution in [2.45, 2.75) is 19.3 Å². The molecule has 2 heteroatoms. The molecule has 0 N–H and O–H groups in total. The molecule has 1 aromatic carbocycles. The Hall–Kier alpha value is -1.83. The average molecular weight is 238 g/mol. The number of nitrogens with zero attached hydrogens (tertiary/aromatic N) is 2. The van der Waals surface area contributed by atoms with Crippen LogP contribution in [-0.2, 0) is 0 Å². The first-order chi connectivity index (χ1) is 8.93. The predicted molar refractivity (Wildman–Crippen MR) is 75.7 cm³/mol. The molecule has 0 spiro atoms. The van der Waals surface area contributed by atoms with Crippen molar-refractivity contribution in [3.05, 3.63) is 48.7 Å². The third-order valence-electron chi connectivity index (χ3n) is 3.53. The summed E-state index contributed by atoms with van der Waals surface area (Å²) < 4.78 is 0. The van der Waals surface area contributed by atoms with Crippen LogP contribution in [0.4, 0.5) is 5.69 Å². The van der Waals surface area contributed by atoms with Crippen LogP contribution in [0.25, 0.3) is 11.3 Å². The first-order valence-electron chi connectivity index (χ1n) is 6.70. The highest BCUT2D eigenvalue weighted by Gasteiger charge is 2.11. The average Bonchev–Trinajstić information content (AvgIpc) is 2.49. The van der Waals surface area contributed by atoms with Crippen LogP contribution in [0.3, 0.4) is 0 Å². The van der Waals surface area contributed by atoms with Crippen LogP contribution < -0.4 is 4.90 Å². The zero-order valence-electron chi connectivity index (χ0n) is 10.5. The van der Waals surface area contributed by atoms with Gasteiger partial charge >= 0.3 is 0 Å². The van der Waals surface area contributed by atoms with E-state index in [-0.39, 0.29) is 0 Å². The van der Waals surface area contributed by atoms with Gasteiger partial charge in [-0.2, -0.15) is 0 Å². The Morgan fingerprint density at radius 3 is 2.56 bits per heavy atom. The molecule has 1 saturated heterocycles. The molecule has 0 bridgehead atoms. The summed E-state index contributed by atoms with van der Waals surface area (Å²) in [6.07, 6.45) is 5.85. The summed E-state index contributed by atoms with van der Waals surface area (Å²) in [6.45, 7) is 2.37. The molecule has 0 atom stereocenters. The standard InChI is InChI=1S/C16H18N2/c1-4-11-18(12-5-1)15-8-6-7-14(13-15)16-9-2-3-10-17-16/h2-3,6-10,13H,1,4-5,11-12H2. The third kappa shape index (κ3) is 2.37. The van der Waals surface area contributed by atoms with E-state index in [1.807, 2.05) is 18.3 Å². The quantitative estimate of drug-likeness (QED) is 0.792. The van der Waals surface area contributed by atoms with Crippen LogP contribution in [0.15, 0.2) is 48.7 Å². The van der Waals surface area contributed by atoms with Gasteiger partial charge in [0.25, 0.3) is 0 Å². The summed E-state index contributed by atoms with van der Waals surface area (Å²) in [5.74, 6) is 0. The highest BCUT2D eigenvalue weighted by Crippen LogP contribution is 2.25. The van der Waals surface area contributed by atoms with Gasteiger partial charge in [-0.25, -0.2) is 0 Å². The lowest BCUT2D eigenvalue weighted by molar-refractivity contribution is 0.578. The Morgan fingerprint density at radius 2 is 1.78 bits per heavy atom. The first-order valence-corrected chi connectivity index (χ1v) is 6.70. The van der Waals surface area contributed by atoms with Gasteiger partial charge in [0, 0.05) is 30.5 Å². The Kier molecular flexibility index (Phi) is 3.26. The van der Waals surface area contributed by atoms with E-state index in [1.165, 1.54) is 43.6 Å². The van der Waals surface area contributed by atoms with Crippen molar-refractivity contribution in [1.82, 2.24) is 4.98 Å². The van der Waals surface area contributed by atoms with E-state index in [1.54, 1.807) is 0 Å². The van der Waals surface area contributed by atoms with Crippen LogP contribution >= 0.6 is 0 Å². The maximum absolute atomic E-state index is 4.42. The van der Waals surface area contributed by atoms with Crippen LogP contribution in [0, 0.1) is 0 Å². The number of pyridine rings is 1. The molecule has 3 rings (SSSR count). The minimum absolute atomic E-state index is 1.05. The molecule has 1 fully saturated rings. The number of piperidine rings is 1. The summed E-state index contributed by atoms with van der Waals surface area (Å²) in [5, 5.41) is 0. The largest absolute Gasteiger partial charge is 0.372 e. The highest BCUT2D eigenvalue weighted by molar-refractivity contribution is 5.65. The molecular formula is C16H18N2. The molecule has 0 saturated carbocycles. The zero-order valence-corrected chi connectivity index (χ0v) is 10.5. The summed E-state index contributed by atoms with van der Waals surface area (Å²) in [4.78, 5) is 6.90. The summed E-state index contributed by atoms with van der Waals surface area (Å²) in [7, 11) is 0. The minimum Gasteiger partial charge on any atom is -0.372 e. The maximum atomic E-state index is 4.42. The molecule has 2 aromatic rings. The minimum atomic E-state index is 1.05. The first kappa shape index (κ1) is 11.3. The van der Waals surface area contributed by atoms with Gasteiger partial charge < -0.3 is 4.90 Å². The van der Waals surface area contributed by atoms with Crippen molar-refractivity contribution in [3.8, 4) is 11.3 Å². The predicted octanol–water partition coefficient (Wildman–Crippen LogP) is 3.74. The van der Waals surface area contributed by atoms with Gasteiger partial charge in [-0.05, 0) is 43.5 Å². The summed E-state index contributed by atoms with van der Waals surface area (Å²) in [5.41, 5.74) is 3.59. The molecule has 0 radical (unpaired) electrons. The van der Waals surface area contributed by atoms with Gasteiger partial charge in [0.15, 0.2) is 0 Å². The molecule has 0 aliphatic carbocycles. The van der Waals surface area contributed by atoms with Crippen molar-refractivity contribution < 1.29 is 0 Å². The van der Waals surface area contributed by atoms with Crippen molar-refractivity contribution in [3.63, 3.8) is 0 Å². The number of benzene rings is 1. The number of hydrogen-bond donors (Lipinski definition) is 0. The molecule has 2 heterocycles. The van der Waals surface area contributed by atoms with E-state index in [0.29, 0.717) is 0 Å². The fourth-order valence-corrected chi connectivity index (χ4v) is 2.55. The van der Waals surface area contributed by atoms with Crippen molar-refractivity contribution in [2.24, 2.45) is 0 Å². The third-order valence-corrected chi connectivity index (χ3v) is 3.53. The molecule has 1 aliphatic rings. The lowest BCUT2D eigenvalue weighted by Crippen LogP contribution is -2.29. The van der Waals surface area contributed by atoms with E-state index in [9.17, 15) is 0 Å². The fourth-order valence-electron chi connectivity index (χ4n) is 2.55. The summed E-state index contributed by atoms with van der Waals surface area (Å²) >= 11 is 0. The molecule has 0 amide bonds. The molecule has 0 unspecified atom stereocenters. The Labute approximate surface area is 108 Å². The van der Waals surface area contributed by atoms with Crippen LogP contribution in [0.2, 0.25) is 0 Å². The number of hydrogen-bond acceptors (Lipinski definition) is 2. The van der Waals surface area contributed by atoms with Gasteiger partial charge in [-0.3, -0.25) is 4.98 Å². The zero-order chi connectivity index (χ0) is 12.2. The lowest BCUT2D eigenvalue weighted by Gasteiger charge is -2.29. The normalized spacial score (nSPS) is 15.7. The van der Waals surface area contributed by atoms with Gasteiger partial charge in [-0.15, -0.1) is 0 Å². The second-order valence-corrected chi connectivity index (χ2v) is 4.81. The number of rotatable bonds is 2. The van der Waals surface area contributed by atoms with Crippen molar-refractivity contribution >= 4 is 5.69 Å². The van der Waals surface area contributed by atoms with E-state index in [4.69, 9.17) is 0 Å². The van der Waals surface area contributed by atoms with Crippen LogP contribution in [0.1, 0.15) is 19.3 Å². The monoisotopic (exact) mass is 238 g/mol. The van der Waals surface area contributed by atoms with Crippen molar-refractivity contribution in [2.75, 3.05) is 18.0 Å². The topological polar surface area (TPSA) is 16.1 Å². The second kappa shape index (κ2) is 5.21. The Morgan fingerprint density at radius 1 is 0.889 bits per heavy atom.